The van der Waals surface area contributed by atoms with E-state index in [9.17, 15) is 9.59 Å². The smallest absolute Gasteiger partial charge is 0.246 e. The molecule has 0 bridgehead atoms. The van der Waals surface area contributed by atoms with Crippen LogP contribution in [-0.2, 0) is 19.1 Å². The maximum absolute atomic E-state index is 11.7. The third kappa shape index (κ3) is 10.7. The molecule has 0 aromatic carbocycles. The summed E-state index contributed by atoms with van der Waals surface area (Å²) in [6, 6.07) is 0. The molecule has 1 amide bonds. The van der Waals surface area contributed by atoms with Crippen LogP contribution in [0.1, 0.15) is 52.4 Å². The van der Waals surface area contributed by atoms with Gasteiger partial charge in [0.15, 0.2) is 0 Å². The largest absolute Gasteiger partial charge is 0.396 e. The molecule has 0 aromatic heterocycles. The predicted octanol–water partition coefficient (Wildman–Crippen LogP) is 1.44. The number of amides is 1. The number of carbonyl (C=O) groups is 2. The molecule has 6 nitrogen and oxygen atoms in total. The molecular formula is C16H31NO5. The van der Waals surface area contributed by atoms with Crippen molar-refractivity contribution >= 4 is 12.2 Å². The first-order valence-corrected chi connectivity index (χ1v) is 8.23. The molecule has 0 aliphatic carbocycles. The van der Waals surface area contributed by atoms with Crippen molar-refractivity contribution in [1.29, 1.82) is 0 Å². The van der Waals surface area contributed by atoms with Crippen molar-refractivity contribution in [1.82, 2.24) is 5.32 Å². The van der Waals surface area contributed by atoms with Crippen molar-refractivity contribution in [3.05, 3.63) is 0 Å². The molecule has 22 heavy (non-hydrogen) atoms. The molecular weight excluding hydrogens is 286 g/mol. The topological polar surface area (TPSA) is 84.9 Å². The van der Waals surface area contributed by atoms with Gasteiger partial charge in [-0.3, -0.25) is 4.79 Å². The number of unbranched alkanes of at least 4 members (excludes halogenated alkanes) is 3. The Balaban J connectivity index is 3.85. The van der Waals surface area contributed by atoms with Gasteiger partial charge in [-0.25, -0.2) is 0 Å². The fraction of sp³-hybridized carbons (Fsp3) is 0.875. The molecule has 0 saturated heterocycles. The number of aliphatic hydroxyl groups is 1. The van der Waals surface area contributed by atoms with Gasteiger partial charge in [-0.2, -0.15) is 0 Å². The van der Waals surface area contributed by atoms with Gasteiger partial charge in [0.1, 0.15) is 19.5 Å². The lowest BCUT2D eigenvalue weighted by Gasteiger charge is -2.24. The minimum Gasteiger partial charge on any atom is -0.396 e. The lowest BCUT2D eigenvalue weighted by Crippen LogP contribution is -2.36. The minimum absolute atomic E-state index is 0.0100. The number of nitrogens with one attached hydrogen (secondary N) is 1. The molecule has 0 aliphatic rings. The van der Waals surface area contributed by atoms with Crippen LogP contribution in [0, 0.1) is 0 Å². The average Bonchev–Trinajstić information content (AvgIpc) is 2.53. The first-order chi connectivity index (χ1) is 10.7. The Morgan fingerprint density at radius 3 is 2.32 bits per heavy atom. The molecule has 6 heteroatoms. The highest BCUT2D eigenvalue weighted by molar-refractivity contribution is 5.77. The third-order valence-electron chi connectivity index (χ3n) is 3.43. The van der Waals surface area contributed by atoms with E-state index in [4.69, 9.17) is 14.6 Å². The Kier molecular flexibility index (Phi) is 14.3. The van der Waals surface area contributed by atoms with Gasteiger partial charge in [-0.15, -0.1) is 0 Å². The first-order valence-electron chi connectivity index (χ1n) is 8.23. The van der Waals surface area contributed by atoms with E-state index in [2.05, 4.69) is 5.32 Å². The van der Waals surface area contributed by atoms with E-state index in [0.717, 1.165) is 44.8 Å². The van der Waals surface area contributed by atoms with Crippen LogP contribution in [0.15, 0.2) is 0 Å². The summed E-state index contributed by atoms with van der Waals surface area (Å²) in [5.74, 6) is -0.133. The van der Waals surface area contributed by atoms with Crippen molar-refractivity contribution in [3.63, 3.8) is 0 Å². The Hall–Kier alpha value is -0.980. The highest BCUT2D eigenvalue weighted by Gasteiger charge is 2.20. The zero-order valence-corrected chi connectivity index (χ0v) is 13.9. The van der Waals surface area contributed by atoms with Gasteiger partial charge in [0.2, 0.25) is 5.91 Å². The molecule has 2 N–H and O–H groups in total. The van der Waals surface area contributed by atoms with E-state index in [0.29, 0.717) is 6.54 Å². The molecule has 2 unspecified atom stereocenters. The number of aldehydes is 1. The zero-order chi connectivity index (χ0) is 16.6. The molecule has 0 aromatic rings. The molecule has 0 fully saturated rings. The molecule has 0 aliphatic heterocycles. The second-order valence-electron chi connectivity index (χ2n) is 5.19. The van der Waals surface area contributed by atoms with E-state index in [1.165, 1.54) is 0 Å². The summed E-state index contributed by atoms with van der Waals surface area (Å²) >= 11 is 0. The van der Waals surface area contributed by atoms with Crippen molar-refractivity contribution in [3.8, 4) is 0 Å². The predicted molar refractivity (Wildman–Crippen MR) is 84.7 cm³/mol. The lowest BCUT2D eigenvalue weighted by molar-refractivity contribution is -0.135. The number of ether oxygens (including phenoxy) is 2. The number of aliphatic hydroxyl groups excluding tert-OH is 1. The van der Waals surface area contributed by atoms with Crippen molar-refractivity contribution in [2.45, 2.75) is 64.6 Å². The van der Waals surface area contributed by atoms with Gasteiger partial charge in [0.25, 0.3) is 0 Å². The summed E-state index contributed by atoms with van der Waals surface area (Å²) in [5.41, 5.74) is 0. The van der Waals surface area contributed by atoms with Crippen LogP contribution in [0.4, 0.5) is 0 Å². The van der Waals surface area contributed by atoms with Crippen molar-refractivity contribution < 1.29 is 24.2 Å². The standard InChI is InChI=1S/C16H31NO5/c1-3-14(21-12-11-19)15(4-2)22-13-16(20)17-9-7-5-6-8-10-18/h11,14-15,18H,3-10,12-13H2,1-2H3,(H,17,20). The first kappa shape index (κ1) is 21.0. The fourth-order valence-corrected chi connectivity index (χ4v) is 2.19. The van der Waals surface area contributed by atoms with Gasteiger partial charge < -0.3 is 24.7 Å². The monoisotopic (exact) mass is 317 g/mol. The second-order valence-corrected chi connectivity index (χ2v) is 5.19. The molecule has 0 rings (SSSR count). The van der Waals surface area contributed by atoms with Gasteiger partial charge in [-0.1, -0.05) is 26.7 Å². The van der Waals surface area contributed by atoms with Crippen molar-refractivity contribution in [2.24, 2.45) is 0 Å². The second kappa shape index (κ2) is 14.9. The summed E-state index contributed by atoms with van der Waals surface area (Å²) in [4.78, 5) is 22.1. The molecule has 130 valence electrons. The Labute approximate surface area is 133 Å². The highest BCUT2D eigenvalue weighted by atomic mass is 16.5. The summed E-state index contributed by atoms with van der Waals surface area (Å²) < 4.78 is 11.0. The summed E-state index contributed by atoms with van der Waals surface area (Å²) in [5, 5.41) is 11.5. The van der Waals surface area contributed by atoms with Crippen LogP contribution in [-0.4, -0.2) is 55.9 Å². The summed E-state index contributed by atoms with van der Waals surface area (Å²) in [6.07, 6.45) is 5.53. The van der Waals surface area contributed by atoms with E-state index in [-0.39, 0.29) is 37.9 Å². The normalized spacial score (nSPS) is 13.6. The molecule has 0 saturated carbocycles. The van der Waals surface area contributed by atoms with E-state index in [1.807, 2.05) is 13.8 Å². The molecule has 0 radical (unpaired) electrons. The molecule has 0 spiro atoms. The highest BCUT2D eigenvalue weighted by Crippen LogP contribution is 2.11. The lowest BCUT2D eigenvalue weighted by atomic mass is 10.1. The quantitative estimate of drug-likeness (QED) is 0.353. The van der Waals surface area contributed by atoms with E-state index in [1.54, 1.807) is 0 Å². The van der Waals surface area contributed by atoms with Gasteiger partial charge >= 0.3 is 0 Å². The Bertz CT molecular complexity index is 286. The average molecular weight is 317 g/mol. The number of hydrogen-bond donors (Lipinski definition) is 2. The number of rotatable bonds is 15. The summed E-state index contributed by atoms with van der Waals surface area (Å²) in [6.45, 7) is 4.85. The maximum Gasteiger partial charge on any atom is 0.246 e. The van der Waals surface area contributed by atoms with Gasteiger partial charge in [-0.05, 0) is 25.7 Å². The van der Waals surface area contributed by atoms with Crippen LogP contribution >= 0.6 is 0 Å². The minimum atomic E-state index is -0.180. The van der Waals surface area contributed by atoms with Crippen LogP contribution in [0.25, 0.3) is 0 Å². The molecule has 2 atom stereocenters. The summed E-state index contributed by atoms with van der Waals surface area (Å²) in [7, 11) is 0. The SMILES string of the molecule is CCC(OCC=O)C(CC)OCC(=O)NCCCCCCO. The zero-order valence-electron chi connectivity index (χ0n) is 13.9. The van der Waals surface area contributed by atoms with Gasteiger partial charge in [0.05, 0.1) is 12.2 Å². The van der Waals surface area contributed by atoms with Crippen LogP contribution in [0.5, 0.6) is 0 Å². The number of hydrogen-bond acceptors (Lipinski definition) is 5. The van der Waals surface area contributed by atoms with Crippen LogP contribution in [0.2, 0.25) is 0 Å². The fourth-order valence-electron chi connectivity index (χ4n) is 2.19. The Morgan fingerprint density at radius 1 is 1.09 bits per heavy atom. The van der Waals surface area contributed by atoms with Crippen molar-refractivity contribution in [2.75, 3.05) is 26.4 Å². The maximum atomic E-state index is 11.7. The van der Waals surface area contributed by atoms with E-state index < -0.39 is 0 Å². The third-order valence-corrected chi connectivity index (χ3v) is 3.43. The Morgan fingerprint density at radius 2 is 1.73 bits per heavy atom. The van der Waals surface area contributed by atoms with Gasteiger partial charge in [0, 0.05) is 13.2 Å². The molecule has 0 heterocycles. The van der Waals surface area contributed by atoms with Crippen LogP contribution in [0.3, 0.4) is 0 Å². The van der Waals surface area contributed by atoms with Crippen LogP contribution < -0.4 is 5.32 Å². The number of carbonyl (C=O) groups excluding carboxylic acids is 2. The van der Waals surface area contributed by atoms with E-state index >= 15 is 0 Å².